The van der Waals surface area contributed by atoms with Crippen LogP contribution in [-0.4, -0.2) is 64.5 Å². The van der Waals surface area contributed by atoms with Gasteiger partial charge >= 0.3 is 5.97 Å². The molecule has 1 saturated carbocycles. The van der Waals surface area contributed by atoms with Crippen molar-refractivity contribution < 1.29 is 24.2 Å². The van der Waals surface area contributed by atoms with Gasteiger partial charge in [0.2, 0.25) is 5.91 Å². The van der Waals surface area contributed by atoms with Gasteiger partial charge in [0.05, 0.1) is 5.92 Å². The van der Waals surface area contributed by atoms with Crippen molar-refractivity contribution in [2.24, 2.45) is 5.92 Å². The first-order valence-corrected chi connectivity index (χ1v) is 9.48. The Morgan fingerprint density at radius 3 is 2.56 bits per heavy atom. The van der Waals surface area contributed by atoms with Crippen LogP contribution in [0.25, 0.3) is 0 Å². The van der Waals surface area contributed by atoms with E-state index in [1.165, 1.54) is 4.90 Å². The predicted molar refractivity (Wildman–Crippen MR) is 98.2 cm³/mol. The SMILES string of the molecule is CC(C(=O)O)N(C(=O)C1CCCN(C(=O)COc2ccccc2)C1)C1CC1. The molecule has 2 unspecified atom stereocenters. The summed E-state index contributed by atoms with van der Waals surface area (Å²) in [6.45, 7) is 2.41. The van der Waals surface area contributed by atoms with Gasteiger partial charge in [-0.25, -0.2) is 4.79 Å². The third-order valence-electron chi connectivity index (χ3n) is 5.20. The molecule has 2 aliphatic rings. The van der Waals surface area contributed by atoms with Gasteiger partial charge < -0.3 is 19.6 Å². The number of carbonyl (C=O) groups excluding carboxylic acids is 2. The molecule has 7 nitrogen and oxygen atoms in total. The van der Waals surface area contributed by atoms with Crippen LogP contribution in [0.1, 0.15) is 32.6 Å². The Morgan fingerprint density at radius 1 is 1.22 bits per heavy atom. The summed E-state index contributed by atoms with van der Waals surface area (Å²) in [4.78, 5) is 40.0. The molecule has 0 bridgehead atoms. The lowest BCUT2D eigenvalue weighted by Crippen LogP contribution is -2.52. The lowest BCUT2D eigenvalue weighted by Gasteiger charge is -2.36. The molecule has 1 saturated heterocycles. The van der Waals surface area contributed by atoms with E-state index in [1.54, 1.807) is 24.0 Å². The van der Waals surface area contributed by atoms with Gasteiger partial charge in [-0.1, -0.05) is 18.2 Å². The molecule has 2 fully saturated rings. The molecule has 146 valence electrons. The highest BCUT2D eigenvalue weighted by atomic mass is 16.5. The predicted octanol–water partition coefficient (Wildman–Crippen LogP) is 1.77. The fourth-order valence-electron chi connectivity index (χ4n) is 3.53. The van der Waals surface area contributed by atoms with Crippen LogP contribution in [0.4, 0.5) is 0 Å². The number of carbonyl (C=O) groups is 3. The molecule has 1 aromatic rings. The first-order valence-electron chi connectivity index (χ1n) is 9.48. The number of aliphatic carboxylic acids is 1. The molecule has 1 N–H and O–H groups in total. The van der Waals surface area contributed by atoms with Crippen molar-refractivity contribution in [3.63, 3.8) is 0 Å². The maximum absolute atomic E-state index is 13.0. The number of benzene rings is 1. The molecule has 0 spiro atoms. The minimum Gasteiger partial charge on any atom is -0.484 e. The second-order valence-corrected chi connectivity index (χ2v) is 7.27. The maximum atomic E-state index is 13.0. The largest absolute Gasteiger partial charge is 0.484 e. The summed E-state index contributed by atoms with van der Waals surface area (Å²) >= 11 is 0. The number of nitrogens with zero attached hydrogens (tertiary/aromatic N) is 2. The van der Waals surface area contributed by atoms with E-state index in [0.717, 1.165) is 19.3 Å². The van der Waals surface area contributed by atoms with E-state index < -0.39 is 12.0 Å². The first-order chi connectivity index (χ1) is 13.0. The second-order valence-electron chi connectivity index (χ2n) is 7.27. The van der Waals surface area contributed by atoms with Crippen LogP contribution in [0, 0.1) is 5.92 Å². The van der Waals surface area contributed by atoms with Gasteiger partial charge in [0.25, 0.3) is 5.91 Å². The summed E-state index contributed by atoms with van der Waals surface area (Å²) in [7, 11) is 0. The van der Waals surface area contributed by atoms with Crippen LogP contribution in [0.5, 0.6) is 5.75 Å². The number of carboxylic acid groups (broad SMARTS) is 1. The standard InChI is InChI=1S/C20H26N2O5/c1-14(20(25)26)22(16-9-10-16)19(24)15-6-5-11-21(12-15)18(23)13-27-17-7-3-2-4-8-17/h2-4,7-8,14-16H,5-6,9-13H2,1H3,(H,25,26). The van der Waals surface area contributed by atoms with Crippen LogP contribution in [0.3, 0.4) is 0 Å². The Labute approximate surface area is 158 Å². The summed E-state index contributed by atoms with van der Waals surface area (Å²) in [5, 5.41) is 9.32. The lowest BCUT2D eigenvalue weighted by atomic mass is 9.95. The first kappa shape index (κ1) is 19.2. The van der Waals surface area contributed by atoms with E-state index in [-0.39, 0.29) is 30.4 Å². The Morgan fingerprint density at radius 2 is 1.93 bits per heavy atom. The van der Waals surface area contributed by atoms with Crippen molar-refractivity contribution in [2.75, 3.05) is 19.7 Å². The molecular weight excluding hydrogens is 348 g/mol. The average molecular weight is 374 g/mol. The number of hydrogen-bond donors (Lipinski definition) is 1. The zero-order chi connectivity index (χ0) is 19.4. The molecule has 27 heavy (non-hydrogen) atoms. The molecular formula is C20H26N2O5. The summed E-state index contributed by atoms with van der Waals surface area (Å²) in [5.74, 6) is -1.00. The number of ether oxygens (including phenoxy) is 1. The number of hydrogen-bond acceptors (Lipinski definition) is 4. The minimum atomic E-state index is -0.991. The number of rotatable bonds is 7. The van der Waals surface area contributed by atoms with Crippen molar-refractivity contribution in [3.8, 4) is 5.75 Å². The topological polar surface area (TPSA) is 87.2 Å². The Kier molecular flexibility index (Phi) is 5.98. The van der Waals surface area contributed by atoms with E-state index >= 15 is 0 Å². The van der Waals surface area contributed by atoms with Crippen LogP contribution in [0.15, 0.2) is 30.3 Å². The average Bonchev–Trinajstić information content (AvgIpc) is 3.52. The number of amides is 2. The second kappa shape index (κ2) is 8.41. The number of likely N-dealkylation sites (tertiary alicyclic amines) is 1. The number of carboxylic acids is 1. The monoisotopic (exact) mass is 374 g/mol. The van der Waals surface area contributed by atoms with Crippen molar-refractivity contribution in [1.82, 2.24) is 9.80 Å². The van der Waals surface area contributed by atoms with Crippen LogP contribution in [-0.2, 0) is 14.4 Å². The van der Waals surface area contributed by atoms with Gasteiger partial charge in [0.1, 0.15) is 11.8 Å². The van der Waals surface area contributed by atoms with E-state index in [0.29, 0.717) is 25.3 Å². The summed E-state index contributed by atoms with van der Waals surface area (Å²) in [5.41, 5.74) is 0. The smallest absolute Gasteiger partial charge is 0.326 e. The van der Waals surface area contributed by atoms with E-state index in [2.05, 4.69) is 0 Å². The van der Waals surface area contributed by atoms with E-state index in [1.807, 2.05) is 18.2 Å². The molecule has 2 atom stereocenters. The van der Waals surface area contributed by atoms with Gasteiger partial charge in [-0.05, 0) is 44.7 Å². The van der Waals surface area contributed by atoms with Gasteiger partial charge in [-0.2, -0.15) is 0 Å². The number of piperidine rings is 1. The number of para-hydroxylation sites is 1. The highest BCUT2D eigenvalue weighted by Gasteiger charge is 2.42. The van der Waals surface area contributed by atoms with E-state index in [9.17, 15) is 19.5 Å². The highest BCUT2D eigenvalue weighted by molar-refractivity contribution is 5.86. The summed E-state index contributed by atoms with van der Waals surface area (Å²) in [6, 6.07) is 8.32. The van der Waals surface area contributed by atoms with Gasteiger partial charge in [0, 0.05) is 19.1 Å². The molecule has 0 radical (unpaired) electrons. The van der Waals surface area contributed by atoms with Gasteiger partial charge in [-0.3, -0.25) is 9.59 Å². The van der Waals surface area contributed by atoms with Gasteiger partial charge in [-0.15, -0.1) is 0 Å². The molecule has 1 aliphatic heterocycles. The zero-order valence-corrected chi connectivity index (χ0v) is 15.5. The fraction of sp³-hybridized carbons (Fsp3) is 0.550. The van der Waals surface area contributed by atoms with Crippen molar-refractivity contribution >= 4 is 17.8 Å². The zero-order valence-electron chi connectivity index (χ0n) is 15.5. The molecule has 7 heteroatoms. The lowest BCUT2D eigenvalue weighted by molar-refractivity contribution is -0.153. The van der Waals surface area contributed by atoms with Crippen LogP contribution in [0.2, 0.25) is 0 Å². The van der Waals surface area contributed by atoms with Gasteiger partial charge in [0.15, 0.2) is 6.61 Å². The third kappa shape index (κ3) is 4.78. The molecule has 1 aliphatic carbocycles. The summed E-state index contributed by atoms with van der Waals surface area (Å²) in [6.07, 6.45) is 3.11. The molecule has 3 rings (SSSR count). The van der Waals surface area contributed by atoms with Crippen molar-refractivity contribution in [1.29, 1.82) is 0 Å². The molecule has 1 heterocycles. The highest BCUT2D eigenvalue weighted by Crippen LogP contribution is 2.32. The Hall–Kier alpha value is -2.57. The quantitative estimate of drug-likeness (QED) is 0.786. The normalized spacial score (nSPS) is 20.6. The summed E-state index contributed by atoms with van der Waals surface area (Å²) < 4.78 is 5.52. The Balaban J connectivity index is 1.58. The van der Waals surface area contributed by atoms with Crippen molar-refractivity contribution in [3.05, 3.63) is 30.3 Å². The van der Waals surface area contributed by atoms with Crippen LogP contribution >= 0.6 is 0 Å². The maximum Gasteiger partial charge on any atom is 0.326 e. The third-order valence-corrected chi connectivity index (χ3v) is 5.20. The fourth-order valence-corrected chi connectivity index (χ4v) is 3.53. The molecule has 0 aromatic heterocycles. The molecule has 2 amide bonds. The minimum absolute atomic E-state index is 0.0242. The van der Waals surface area contributed by atoms with Crippen molar-refractivity contribution in [2.45, 2.75) is 44.7 Å². The Bertz CT molecular complexity index is 689. The molecule has 1 aromatic carbocycles. The van der Waals surface area contributed by atoms with E-state index in [4.69, 9.17) is 4.74 Å². The van der Waals surface area contributed by atoms with Crippen LogP contribution < -0.4 is 4.74 Å².